The maximum absolute atomic E-state index is 12.3. The van der Waals surface area contributed by atoms with Crippen molar-refractivity contribution >= 4 is 11.9 Å². The van der Waals surface area contributed by atoms with Crippen LogP contribution in [0.3, 0.4) is 0 Å². The van der Waals surface area contributed by atoms with Gasteiger partial charge >= 0.3 is 6.09 Å². The fourth-order valence-electron chi connectivity index (χ4n) is 2.26. The van der Waals surface area contributed by atoms with Gasteiger partial charge in [-0.15, -0.1) is 0 Å². The number of carbonyl (C=O) groups is 2. The number of rotatable bonds is 5. The second-order valence-corrected chi connectivity index (χ2v) is 7.02. The lowest BCUT2D eigenvalue weighted by Crippen LogP contribution is -2.53. The standard InChI is InChI=1S/C16H29NO4/c1-12(2)7-6-8-14(18)13-11-20-10-9-17(13)15(19)21-16(3,4)5/h12-13H,6-11H2,1-5H3. The zero-order valence-corrected chi connectivity index (χ0v) is 14.0. The Balaban J connectivity index is 2.60. The van der Waals surface area contributed by atoms with E-state index in [1.165, 1.54) is 4.90 Å². The molecule has 0 saturated carbocycles. The van der Waals surface area contributed by atoms with Crippen LogP contribution < -0.4 is 0 Å². The number of carbonyl (C=O) groups excluding carboxylic acids is 2. The number of ether oxygens (including phenoxy) is 2. The molecule has 0 bridgehead atoms. The summed E-state index contributed by atoms with van der Waals surface area (Å²) in [5.74, 6) is 0.656. The molecule has 122 valence electrons. The summed E-state index contributed by atoms with van der Waals surface area (Å²) in [6.45, 7) is 10.9. The van der Waals surface area contributed by atoms with Gasteiger partial charge in [0.05, 0.1) is 13.2 Å². The Morgan fingerprint density at radius 3 is 2.57 bits per heavy atom. The molecule has 0 N–H and O–H groups in total. The predicted octanol–water partition coefficient (Wildman–Crippen LogP) is 3.02. The lowest BCUT2D eigenvalue weighted by molar-refractivity contribution is -0.130. The van der Waals surface area contributed by atoms with Crippen LogP contribution in [-0.2, 0) is 14.3 Å². The van der Waals surface area contributed by atoms with Gasteiger partial charge in [-0.25, -0.2) is 4.79 Å². The molecule has 1 fully saturated rings. The summed E-state index contributed by atoms with van der Waals surface area (Å²) < 4.78 is 10.8. The van der Waals surface area contributed by atoms with Crippen LogP contribution in [0, 0.1) is 5.92 Å². The molecule has 1 heterocycles. The first-order valence-electron chi connectivity index (χ1n) is 7.81. The average Bonchev–Trinajstić information content (AvgIpc) is 2.36. The van der Waals surface area contributed by atoms with Crippen LogP contribution in [0.2, 0.25) is 0 Å². The monoisotopic (exact) mass is 299 g/mol. The summed E-state index contributed by atoms with van der Waals surface area (Å²) in [6.07, 6.45) is 1.94. The Hall–Kier alpha value is -1.10. The first-order chi connectivity index (χ1) is 9.70. The molecule has 0 radical (unpaired) electrons. The third-order valence-electron chi connectivity index (χ3n) is 3.33. The van der Waals surface area contributed by atoms with Gasteiger partial charge in [0.2, 0.25) is 0 Å². The highest BCUT2D eigenvalue weighted by Crippen LogP contribution is 2.17. The van der Waals surface area contributed by atoms with Crippen molar-refractivity contribution in [1.29, 1.82) is 0 Å². The normalized spacial score (nSPS) is 19.7. The molecule has 0 aromatic heterocycles. The molecule has 5 heteroatoms. The molecular formula is C16H29NO4. The van der Waals surface area contributed by atoms with Crippen LogP contribution >= 0.6 is 0 Å². The molecule has 1 amide bonds. The number of hydrogen-bond donors (Lipinski definition) is 0. The van der Waals surface area contributed by atoms with E-state index >= 15 is 0 Å². The summed E-state index contributed by atoms with van der Waals surface area (Å²) in [5, 5.41) is 0. The van der Waals surface area contributed by atoms with E-state index in [1.807, 2.05) is 20.8 Å². The number of morpholine rings is 1. The number of hydrogen-bond acceptors (Lipinski definition) is 4. The van der Waals surface area contributed by atoms with Crippen molar-refractivity contribution in [2.24, 2.45) is 5.92 Å². The first kappa shape index (κ1) is 18.0. The Bertz CT molecular complexity index is 360. The Morgan fingerprint density at radius 1 is 1.33 bits per heavy atom. The van der Waals surface area contributed by atoms with Crippen LogP contribution in [0.15, 0.2) is 0 Å². The van der Waals surface area contributed by atoms with E-state index in [4.69, 9.17) is 9.47 Å². The van der Waals surface area contributed by atoms with E-state index in [9.17, 15) is 9.59 Å². The minimum absolute atomic E-state index is 0.0706. The third kappa shape index (κ3) is 6.46. The third-order valence-corrected chi connectivity index (χ3v) is 3.33. The highest BCUT2D eigenvalue weighted by Gasteiger charge is 2.34. The number of ketones is 1. The van der Waals surface area contributed by atoms with Crippen LogP contribution in [0.25, 0.3) is 0 Å². The molecule has 0 aliphatic carbocycles. The molecular weight excluding hydrogens is 270 g/mol. The van der Waals surface area contributed by atoms with Gasteiger partial charge in [-0.05, 0) is 33.1 Å². The molecule has 5 nitrogen and oxygen atoms in total. The number of amides is 1. The predicted molar refractivity (Wildman–Crippen MR) is 81.2 cm³/mol. The van der Waals surface area contributed by atoms with Crippen LogP contribution in [0.5, 0.6) is 0 Å². The zero-order valence-electron chi connectivity index (χ0n) is 14.0. The van der Waals surface area contributed by atoms with Crippen molar-refractivity contribution in [2.45, 2.75) is 65.5 Å². The Morgan fingerprint density at radius 2 is 2.00 bits per heavy atom. The number of Topliss-reactive ketones (excluding diaryl/α,β-unsaturated/α-hetero) is 1. The lowest BCUT2D eigenvalue weighted by Gasteiger charge is -2.35. The van der Waals surface area contributed by atoms with Gasteiger partial charge in [0.1, 0.15) is 11.6 Å². The van der Waals surface area contributed by atoms with Crippen LogP contribution in [-0.4, -0.2) is 48.2 Å². The van der Waals surface area contributed by atoms with E-state index in [1.54, 1.807) is 0 Å². The minimum atomic E-state index is -0.555. The smallest absolute Gasteiger partial charge is 0.411 e. The van der Waals surface area contributed by atoms with Gasteiger partial charge in [-0.3, -0.25) is 9.69 Å². The number of nitrogens with zero attached hydrogens (tertiary/aromatic N) is 1. The van der Waals surface area contributed by atoms with Crippen LogP contribution in [0.4, 0.5) is 4.79 Å². The highest BCUT2D eigenvalue weighted by atomic mass is 16.6. The van der Waals surface area contributed by atoms with Gasteiger partial charge in [0.25, 0.3) is 0 Å². The van der Waals surface area contributed by atoms with Gasteiger partial charge in [0, 0.05) is 13.0 Å². The van der Waals surface area contributed by atoms with E-state index < -0.39 is 17.7 Å². The van der Waals surface area contributed by atoms with E-state index in [-0.39, 0.29) is 12.4 Å². The van der Waals surface area contributed by atoms with Gasteiger partial charge in [-0.1, -0.05) is 20.3 Å². The van der Waals surface area contributed by atoms with Crippen LogP contribution in [0.1, 0.15) is 53.9 Å². The maximum atomic E-state index is 12.3. The molecule has 1 aliphatic heterocycles. The quantitative estimate of drug-likeness (QED) is 0.783. The average molecular weight is 299 g/mol. The van der Waals surface area contributed by atoms with E-state index in [2.05, 4.69) is 13.8 Å². The summed E-state index contributed by atoms with van der Waals surface area (Å²) in [6, 6.07) is -0.499. The molecule has 1 aliphatic rings. The highest BCUT2D eigenvalue weighted by molar-refractivity contribution is 5.87. The van der Waals surface area contributed by atoms with Crippen molar-refractivity contribution in [2.75, 3.05) is 19.8 Å². The first-order valence-corrected chi connectivity index (χ1v) is 7.81. The Labute approximate surface area is 128 Å². The summed E-state index contributed by atoms with van der Waals surface area (Å²) in [7, 11) is 0. The van der Waals surface area contributed by atoms with Crippen molar-refractivity contribution in [1.82, 2.24) is 4.90 Å². The zero-order chi connectivity index (χ0) is 16.0. The molecule has 21 heavy (non-hydrogen) atoms. The molecule has 1 atom stereocenters. The SMILES string of the molecule is CC(C)CCCC(=O)C1COCCN1C(=O)OC(C)(C)C. The van der Waals surface area contributed by atoms with Crippen molar-refractivity contribution < 1.29 is 19.1 Å². The molecule has 1 rings (SSSR count). The summed E-state index contributed by atoms with van der Waals surface area (Å²) in [5.41, 5.74) is -0.555. The lowest BCUT2D eigenvalue weighted by atomic mass is 10.0. The largest absolute Gasteiger partial charge is 0.444 e. The molecule has 1 unspecified atom stereocenters. The van der Waals surface area contributed by atoms with Crippen molar-refractivity contribution in [3.63, 3.8) is 0 Å². The second-order valence-electron chi connectivity index (χ2n) is 7.02. The van der Waals surface area contributed by atoms with Crippen molar-refractivity contribution in [3.05, 3.63) is 0 Å². The van der Waals surface area contributed by atoms with E-state index in [0.717, 1.165) is 12.8 Å². The van der Waals surface area contributed by atoms with Crippen molar-refractivity contribution in [3.8, 4) is 0 Å². The second kappa shape index (κ2) is 7.78. The van der Waals surface area contributed by atoms with Gasteiger partial charge < -0.3 is 9.47 Å². The minimum Gasteiger partial charge on any atom is -0.444 e. The summed E-state index contributed by atoms with van der Waals surface area (Å²) in [4.78, 5) is 26.1. The topological polar surface area (TPSA) is 55.8 Å². The summed E-state index contributed by atoms with van der Waals surface area (Å²) >= 11 is 0. The molecule has 0 aromatic carbocycles. The van der Waals surface area contributed by atoms with E-state index in [0.29, 0.717) is 25.5 Å². The van der Waals surface area contributed by atoms with Gasteiger partial charge in [-0.2, -0.15) is 0 Å². The van der Waals surface area contributed by atoms with Gasteiger partial charge in [0.15, 0.2) is 5.78 Å². The molecule has 0 spiro atoms. The fourth-order valence-corrected chi connectivity index (χ4v) is 2.26. The maximum Gasteiger partial charge on any atom is 0.411 e. The fraction of sp³-hybridized carbons (Fsp3) is 0.875. The molecule has 1 saturated heterocycles. The molecule has 0 aromatic rings. The Kier molecular flexibility index (Phi) is 6.65.